The van der Waals surface area contributed by atoms with Crippen LogP contribution in [-0.4, -0.2) is 36.4 Å². The van der Waals surface area contributed by atoms with Gasteiger partial charge in [0, 0.05) is 25.2 Å². The van der Waals surface area contributed by atoms with Gasteiger partial charge in [0.15, 0.2) is 5.82 Å². The van der Waals surface area contributed by atoms with Crippen molar-refractivity contribution in [1.82, 2.24) is 9.97 Å². The maximum Gasteiger partial charge on any atom is 0.269 e. The van der Waals surface area contributed by atoms with E-state index in [4.69, 9.17) is 0 Å². The first-order valence-corrected chi connectivity index (χ1v) is 10.5. The quantitative estimate of drug-likeness (QED) is 0.490. The van der Waals surface area contributed by atoms with Crippen molar-refractivity contribution in [3.8, 4) is 0 Å². The van der Waals surface area contributed by atoms with Gasteiger partial charge in [0.25, 0.3) is 5.69 Å². The molecule has 1 aliphatic heterocycles. The Morgan fingerprint density at radius 1 is 0.893 bits per heavy atom. The molecular weight excluding hydrogens is 380 g/mol. The van der Waals surface area contributed by atoms with Crippen molar-refractivity contribution in [3.63, 3.8) is 0 Å². The minimum Gasteiger partial charge on any atom is -0.354 e. The molecule has 0 amide bonds. The smallest absolute Gasteiger partial charge is 0.269 e. The third kappa shape index (κ3) is 3.29. The average Bonchev–Trinajstić information content (AvgIpc) is 2.73. The number of sulfone groups is 1. The van der Waals surface area contributed by atoms with E-state index in [9.17, 15) is 18.5 Å². The topological polar surface area (TPSA) is 106 Å². The molecule has 28 heavy (non-hydrogen) atoms. The zero-order chi connectivity index (χ0) is 19.7. The van der Waals surface area contributed by atoms with Crippen molar-refractivity contribution < 1.29 is 13.3 Å². The van der Waals surface area contributed by atoms with Crippen LogP contribution in [0.3, 0.4) is 0 Å². The fourth-order valence-electron chi connectivity index (χ4n) is 3.33. The molecular formula is C19H18N4O4S. The molecule has 144 valence electrons. The number of nitrogens with zero attached hydrogens (tertiary/aromatic N) is 4. The van der Waals surface area contributed by atoms with Gasteiger partial charge in [-0.15, -0.1) is 0 Å². The van der Waals surface area contributed by atoms with Gasteiger partial charge in [0.05, 0.1) is 20.9 Å². The lowest BCUT2D eigenvalue weighted by atomic mass is 10.1. The highest BCUT2D eigenvalue weighted by molar-refractivity contribution is 7.91. The summed E-state index contributed by atoms with van der Waals surface area (Å²) in [4.78, 5) is 21.3. The van der Waals surface area contributed by atoms with E-state index in [0.29, 0.717) is 16.9 Å². The summed E-state index contributed by atoms with van der Waals surface area (Å²) in [6, 6.07) is 12.0. The van der Waals surface area contributed by atoms with Gasteiger partial charge in [0.1, 0.15) is 0 Å². The monoisotopic (exact) mass is 398 g/mol. The summed E-state index contributed by atoms with van der Waals surface area (Å²) in [5, 5.41) is 10.8. The van der Waals surface area contributed by atoms with Crippen molar-refractivity contribution in [1.29, 1.82) is 0 Å². The number of para-hydroxylation sites is 2. The second-order valence-electron chi connectivity index (χ2n) is 6.64. The number of anilines is 1. The molecule has 4 rings (SSSR count). The number of aromatic nitrogens is 2. The predicted molar refractivity (Wildman–Crippen MR) is 104 cm³/mol. The van der Waals surface area contributed by atoms with Gasteiger partial charge >= 0.3 is 0 Å². The second-order valence-corrected chi connectivity index (χ2v) is 8.51. The molecule has 0 aliphatic carbocycles. The van der Waals surface area contributed by atoms with Crippen LogP contribution < -0.4 is 4.90 Å². The highest BCUT2D eigenvalue weighted by atomic mass is 32.2. The Bertz CT molecular complexity index is 1140. The highest BCUT2D eigenvalue weighted by Gasteiger charge is 2.29. The second kappa shape index (κ2) is 7.16. The number of rotatable bonds is 4. The van der Waals surface area contributed by atoms with Gasteiger partial charge < -0.3 is 4.90 Å². The first kappa shape index (κ1) is 18.3. The van der Waals surface area contributed by atoms with E-state index in [1.54, 1.807) is 18.2 Å². The summed E-state index contributed by atoms with van der Waals surface area (Å²) >= 11 is 0. The first-order valence-electron chi connectivity index (χ1n) is 8.98. The van der Waals surface area contributed by atoms with Crippen molar-refractivity contribution >= 4 is 32.4 Å². The predicted octanol–water partition coefficient (Wildman–Crippen LogP) is 3.36. The van der Waals surface area contributed by atoms with Crippen molar-refractivity contribution in [2.45, 2.75) is 29.2 Å². The highest BCUT2D eigenvalue weighted by Crippen LogP contribution is 2.31. The van der Waals surface area contributed by atoms with Crippen molar-refractivity contribution in [3.05, 3.63) is 58.6 Å². The van der Waals surface area contributed by atoms with Crippen LogP contribution in [0.15, 0.2) is 58.5 Å². The fraction of sp³-hybridized carbons (Fsp3) is 0.263. The summed E-state index contributed by atoms with van der Waals surface area (Å²) < 4.78 is 26.6. The van der Waals surface area contributed by atoms with Gasteiger partial charge in [-0.05, 0) is 43.5 Å². The number of hydrogen-bond acceptors (Lipinski definition) is 7. The molecule has 8 nitrogen and oxygen atoms in total. The van der Waals surface area contributed by atoms with E-state index in [1.807, 2.05) is 11.0 Å². The molecule has 1 aliphatic rings. The Labute approximate surface area is 161 Å². The van der Waals surface area contributed by atoms with Gasteiger partial charge in [-0.3, -0.25) is 10.1 Å². The number of hydrogen-bond donors (Lipinski definition) is 0. The van der Waals surface area contributed by atoms with Crippen molar-refractivity contribution in [2.75, 3.05) is 18.0 Å². The SMILES string of the molecule is O=[N+]([O-])c1ccc(S(=O)(=O)c2nc3ccccc3nc2N2CCCCC2)cc1. The minimum atomic E-state index is -3.99. The Hall–Kier alpha value is -3.07. The lowest BCUT2D eigenvalue weighted by molar-refractivity contribution is -0.384. The fourth-order valence-corrected chi connectivity index (χ4v) is 4.68. The number of fused-ring (bicyclic) bond motifs is 1. The van der Waals surface area contributed by atoms with E-state index < -0.39 is 14.8 Å². The largest absolute Gasteiger partial charge is 0.354 e. The van der Waals surface area contributed by atoms with Crippen LogP contribution in [-0.2, 0) is 9.84 Å². The molecule has 2 heterocycles. The van der Waals surface area contributed by atoms with Crippen LogP contribution in [0, 0.1) is 10.1 Å². The number of piperidine rings is 1. The minimum absolute atomic E-state index is 0.0408. The Balaban J connectivity index is 1.88. The molecule has 0 atom stereocenters. The van der Waals surface area contributed by atoms with Crippen LogP contribution in [0.2, 0.25) is 0 Å². The van der Waals surface area contributed by atoms with E-state index in [-0.39, 0.29) is 15.6 Å². The molecule has 0 saturated carbocycles. The molecule has 9 heteroatoms. The molecule has 1 saturated heterocycles. The first-order chi connectivity index (χ1) is 13.5. The van der Waals surface area contributed by atoms with Crippen LogP contribution in [0.25, 0.3) is 11.0 Å². The maximum absolute atomic E-state index is 13.3. The lowest BCUT2D eigenvalue weighted by Crippen LogP contribution is -2.32. The van der Waals surface area contributed by atoms with Crippen LogP contribution >= 0.6 is 0 Å². The third-order valence-electron chi connectivity index (χ3n) is 4.79. The third-order valence-corrected chi connectivity index (χ3v) is 6.47. The van der Waals surface area contributed by atoms with Gasteiger partial charge in [-0.25, -0.2) is 18.4 Å². The van der Waals surface area contributed by atoms with Crippen LogP contribution in [0.5, 0.6) is 0 Å². The maximum atomic E-state index is 13.3. The zero-order valence-electron chi connectivity index (χ0n) is 15.0. The van der Waals surface area contributed by atoms with Crippen LogP contribution in [0.4, 0.5) is 11.5 Å². The molecule has 0 bridgehead atoms. The molecule has 0 spiro atoms. The molecule has 0 N–H and O–H groups in total. The van der Waals surface area contributed by atoms with E-state index >= 15 is 0 Å². The van der Waals surface area contributed by atoms with E-state index in [2.05, 4.69) is 9.97 Å². The Kier molecular flexibility index (Phi) is 4.68. The Morgan fingerprint density at radius 3 is 2.11 bits per heavy atom. The molecule has 1 aromatic heterocycles. The summed E-state index contributed by atoms with van der Waals surface area (Å²) in [5.41, 5.74) is 0.953. The molecule has 2 aromatic carbocycles. The number of nitro benzene ring substituents is 1. The number of nitro groups is 1. The summed E-state index contributed by atoms with van der Waals surface area (Å²) in [6.07, 6.45) is 3.03. The lowest BCUT2D eigenvalue weighted by Gasteiger charge is -2.29. The number of benzene rings is 2. The van der Waals surface area contributed by atoms with Gasteiger partial charge in [0.2, 0.25) is 14.9 Å². The van der Waals surface area contributed by atoms with Gasteiger partial charge in [-0.1, -0.05) is 12.1 Å². The zero-order valence-corrected chi connectivity index (χ0v) is 15.8. The number of non-ortho nitro benzene ring substituents is 1. The van der Waals surface area contributed by atoms with Crippen LogP contribution in [0.1, 0.15) is 19.3 Å². The Morgan fingerprint density at radius 2 is 1.50 bits per heavy atom. The summed E-state index contributed by atoms with van der Waals surface area (Å²) in [7, 11) is -3.99. The van der Waals surface area contributed by atoms with E-state index in [1.165, 1.54) is 24.3 Å². The average molecular weight is 398 g/mol. The summed E-state index contributed by atoms with van der Waals surface area (Å²) in [5.74, 6) is 0.344. The van der Waals surface area contributed by atoms with Crippen molar-refractivity contribution in [2.24, 2.45) is 0 Å². The molecule has 0 radical (unpaired) electrons. The molecule has 3 aromatic rings. The van der Waals surface area contributed by atoms with E-state index in [0.717, 1.165) is 32.4 Å². The standard InChI is InChI=1S/C19H18N4O4S/c24-23(25)14-8-10-15(11-9-14)28(26,27)19-18(22-12-4-1-5-13-22)20-16-6-2-3-7-17(16)21-19/h2-3,6-11H,1,4-5,12-13H2. The normalized spacial score (nSPS) is 14.9. The molecule has 1 fully saturated rings. The van der Waals surface area contributed by atoms with Gasteiger partial charge in [-0.2, -0.15) is 0 Å². The summed E-state index contributed by atoms with van der Waals surface area (Å²) in [6.45, 7) is 1.44. The molecule has 0 unspecified atom stereocenters.